The number of primary amides is 1. The van der Waals surface area contributed by atoms with Gasteiger partial charge in [-0.1, -0.05) is 12.8 Å². The van der Waals surface area contributed by atoms with Crippen LogP contribution in [-0.4, -0.2) is 18.5 Å². The molecule has 1 saturated carbocycles. The van der Waals surface area contributed by atoms with Crippen LogP contribution in [0.5, 0.6) is 0 Å². The third-order valence-corrected chi connectivity index (χ3v) is 3.43. The quantitative estimate of drug-likeness (QED) is 0.900. The third kappa shape index (κ3) is 3.22. The van der Waals surface area contributed by atoms with Crippen molar-refractivity contribution in [3.8, 4) is 6.07 Å². The number of benzene rings is 1. The van der Waals surface area contributed by atoms with Crippen molar-refractivity contribution in [2.24, 2.45) is 5.73 Å². The highest BCUT2D eigenvalue weighted by atomic mass is 19.1. The van der Waals surface area contributed by atoms with Gasteiger partial charge in [0, 0.05) is 11.7 Å². The van der Waals surface area contributed by atoms with Crippen molar-refractivity contribution in [3.63, 3.8) is 0 Å². The fourth-order valence-electron chi connectivity index (χ4n) is 2.62. The molecule has 0 atom stereocenters. The minimum absolute atomic E-state index is 0.0546. The summed E-state index contributed by atoms with van der Waals surface area (Å²) >= 11 is 0. The SMILES string of the molecule is N#Cc1cc(F)cc(N(CC(N)=O)C2CCCC2)c1. The van der Waals surface area contributed by atoms with E-state index in [-0.39, 0.29) is 18.2 Å². The van der Waals surface area contributed by atoms with E-state index >= 15 is 0 Å². The van der Waals surface area contributed by atoms with Crippen molar-refractivity contribution in [2.75, 3.05) is 11.4 Å². The maximum atomic E-state index is 13.5. The van der Waals surface area contributed by atoms with E-state index in [2.05, 4.69) is 0 Å². The standard InChI is InChI=1S/C14H16FN3O/c15-11-5-10(8-16)6-13(7-11)18(9-14(17)19)12-3-1-2-4-12/h5-7,12H,1-4,9H2,(H2,17,19). The molecule has 0 aromatic heterocycles. The lowest BCUT2D eigenvalue weighted by molar-refractivity contribution is -0.116. The van der Waals surface area contributed by atoms with E-state index in [0.717, 1.165) is 25.7 Å². The Morgan fingerprint density at radius 1 is 1.42 bits per heavy atom. The Morgan fingerprint density at radius 3 is 2.68 bits per heavy atom. The second-order valence-electron chi connectivity index (χ2n) is 4.84. The molecule has 0 unspecified atom stereocenters. The van der Waals surface area contributed by atoms with Gasteiger partial charge >= 0.3 is 0 Å². The van der Waals surface area contributed by atoms with Gasteiger partial charge in [0.1, 0.15) is 5.82 Å². The van der Waals surface area contributed by atoms with E-state index in [1.165, 1.54) is 12.1 Å². The minimum atomic E-state index is -0.471. The molecular weight excluding hydrogens is 245 g/mol. The summed E-state index contributed by atoms with van der Waals surface area (Å²) in [7, 11) is 0. The van der Waals surface area contributed by atoms with Gasteiger partial charge in [-0.25, -0.2) is 4.39 Å². The molecule has 4 nitrogen and oxygen atoms in total. The monoisotopic (exact) mass is 261 g/mol. The number of nitriles is 1. The van der Waals surface area contributed by atoms with Gasteiger partial charge < -0.3 is 10.6 Å². The Balaban J connectivity index is 2.34. The number of halogens is 1. The van der Waals surface area contributed by atoms with E-state index in [9.17, 15) is 9.18 Å². The third-order valence-electron chi connectivity index (χ3n) is 3.43. The van der Waals surface area contributed by atoms with Crippen LogP contribution in [0.25, 0.3) is 0 Å². The van der Waals surface area contributed by atoms with Crippen molar-refractivity contribution in [2.45, 2.75) is 31.7 Å². The molecule has 0 radical (unpaired) electrons. The first kappa shape index (κ1) is 13.3. The first-order valence-electron chi connectivity index (χ1n) is 6.36. The summed E-state index contributed by atoms with van der Waals surface area (Å²) in [5, 5.41) is 8.89. The van der Waals surface area contributed by atoms with Crippen molar-refractivity contribution >= 4 is 11.6 Å². The molecule has 0 bridgehead atoms. The molecule has 1 aliphatic rings. The van der Waals surface area contributed by atoms with Gasteiger partial charge in [-0.3, -0.25) is 4.79 Å². The Morgan fingerprint density at radius 2 is 2.11 bits per heavy atom. The minimum Gasteiger partial charge on any atom is -0.368 e. The van der Waals surface area contributed by atoms with Crippen LogP contribution in [0.2, 0.25) is 0 Å². The number of nitrogens with zero attached hydrogens (tertiary/aromatic N) is 2. The molecule has 100 valence electrons. The number of hydrogen-bond donors (Lipinski definition) is 1. The molecule has 0 spiro atoms. The van der Waals surface area contributed by atoms with Crippen LogP contribution in [0.1, 0.15) is 31.2 Å². The van der Waals surface area contributed by atoms with Crippen LogP contribution >= 0.6 is 0 Å². The molecule has 2 rings (SSSR count). The van der Waals surface area contributed by atoms with E-state index in [4.69, 9.17) is 11.0 Å². The summed E-state index contributed by atoms with van der Waals surface area (Å²) in [6, 6.07) is 6.25. The zero-order valence-electron chi connectivity index (χ0n) is 10.6. The van der Waals surface area contributed by atoms with Crippen molar-refractivity contribution in [1.82, 2.24) is 0 Å². The lowest BCUT2D eigenvalue weighted by Gasteiger charge is -2.30. The Bertz CT molecular complexity index is 518. The topological polar surface area (TPSA) is 70.1 Å². The Kier molecular flexibility index (Phi) is 4.00. The number of hydrogen-bond acceptors (Lipinski definition) is 3. The zero-order chi connectivity index (χ0) is 13.8. The number of amides is 1. The lowest BCUT2D eigenvalue weighted by atomic mass is 10.1. The van der Waals surface area contributed by atoms with Gasteiger partial charge in [-0.05, 0) is 31.0 Å². The average molecular weight is 261 g/mol. The fraction of sp³-hybridized carbons (Fsp3) is 0.429. The van der Waals surface area contributed by atoms with Crippen LogP contribution < -0.4 is 10.6 Å². The predicted octanol–water partition coefficient (Wildman–Crippen LogP) is 1.93. The number of carbonyl (C=O) groups is 1. The van der Waals surface area contributed by atoms with Crippen LogP contribution in [0.15, 0.2) is 18.2 Å². The average Bonchev–Trinajstić information content (AvgIpc) is 2.88. The van der Waals surface area contributed by atoms with Crippen molar-refractivity contribution < 1.29 is 9.18 Å². The first-order valence-corrected chi connectivity index (χ1v) is 6.36. The van der Waals surface area contributed by atoms with E-state index in [1.54, 1.807) is 6.07 Å². The molecule has 5 heteroatoms. The molecule has 1 aliphatic carbocycles. The van der Waals surface area contributed by atoms with Crippen LogP contribution in [-0.2, 0) is 4.79 Å². The number of nitrogens with two attached hydrogens (primary N) is 1. The van der Waals surface area contributed by atoms with Crippen molar-refractivity contribution in [3.05, 3.63) is 29.6 Å². The summed E-state index contributed by atoms with van der Waals surface area (Å²) in [5.74, 6) is -0.920. The highest BCUT2D eigenvalue weighted by molar-refractivity contribution is 5.80. The van der Waals surface area contributed by atoms with Crippen molar-refractivity contribution in [1.29, 1.82) is 5.26 Å². The van der Waals surface area contributed by atoms with E-state index < -0.39 is 11.7 Å². The van der Waals surface area contributed by atoms with Gasteiger partial charge in [-0.15, -0.1) is 0 Å². The Labute approximate surface area is 111 Å². The number of anilines is 1. The van der Waals surface area contributed by atoms with E-state index in [0.29, 0.717) is 5.69 Å². The fourth-order valence-corrected chi connectivity index (χ4v) is 2.62. The van der Waals surface area contributed by atoms with Gasteiger partial charge in [0.05, 0.1) is 18.2 Å². The summed E-state index contributed by atoms with van der Waals surface area (Å²) in [6.07, 6.45) is 4.12. The molecule has 0 saturated heterocycles. The van der Waals surface area contributed by atoms with E-state index in [1.807, 2.05) is 11.0 Å². The smallest absolute Gasteiger partial charge is 0.236 e. The van der Waals surface area contributed by atoms with Crippen LogP contribution in [0, 0.1) is 17.1 Å². The molecule has 1 fully saturated rings. The largest absolute Gasteiger partial charge is 0.368 e. The predicted molar refractivity (Wildman–Crippen MR) is 69.9 cm³/mol. The summed E-state index contributed by atoms with van der Waals surface area (Å²) in [5.41, 5.74) is 6.08. The highest BCUT2D eigenvalue weighted by Gasteiger charge is 2.24. The molecule has 1 aromatic carbocycles. The highest BCUT2D eigenvalue weighted by Crippen LogP contribution is 2.29. The maximum absolute atomic E-state index is 13.5. The second-order valence-corrected chi connectivity index (χ2v) is 4.84. The lowest BCUT2D eigenvalue weighted by Crippen LogP contribution is -2.40. The second kappa shape index (κ2) is 5.70. The molecule has 1 aromatic rings. The molecule has 0 aliphatic heterocycles. The number of rotatable bonds is 4. The van der Waals surface area contributed by atoms with Crippen LogP contribution in [0.4, 0.5) is 10.1 Å². The van der Waals surface area contributed by atoms with Gasteiger partial charge in [-0.2, -0.15) is 5.26 Å². The zero-order valence-corrected chi connectivity index (χ0v) is 10.6. The maximum Gasteiger partial charge on any atom is 0.236 e. The molecule has 2 N–H and O–H groups in total. The summed E-state index contributed by atoms with van der Waals surface area (Å²) in [6.45, 7) is 0.0546. The van der Waals surface area contributed by atoms with Gasteiger partial charge in [0.25, 0.3) is 0 Å². The molecule has 0 heterocycles. The normalized spacial score (nSPS) is 15.2. The van der Waals surface area contributed by atoms with Gasteiger partial charge in [0.15, 0.2) is 0 Å². The molecule has 19 heavy (non-hydrogen) atoms. The van der Waals surface area contributed by atoms with Gasteiger partial charge in [0.2, 0.25) is 5.91 Å². The summed E-state index contributed by atoms with van der Waals surface area (Å²) < 4.78 is 13.5. The van der Waals surface area contributed by atoms with Crippen LogP contribution in [0.3, 0.4) is 0 Å². The number of carbonyl (C=O) groups excluding carboxylic acids is 1. The molecular formula is C14H16FN3O. The molecule has 1 amide bonds. The first-order chi connectivity index (χ1) is 9.10. The summed E-state index contributed by atoms with van der Waals surface area (Å²) in [4.78, 5) is 13.0. The Hall–Kier alpha value is -2.09.